The van der Waals surface area contributed by atoms with Gasteiger partial charge in [-0.25, -0.2) is 4.98 Å². The summed E-state index contributed by atoms with van der Waals surface area (Å²) in [4.78, 5) is 24.2. The van der Waals surface area contributed by atoms with Crippen molar-refractivity contribution in [3.63, 3.8) is 0 Å². The van der Waals surface area contributed by atoms with Gasteiger partial charge in [-0.2, -0.15) is 0 Å². The summed E-state index contributed by atoms with van der Waals surface area (Å²) in [5.74, 6) is 0.345. The number of hydrogen-bond acceptors (Lipinski definition) is 6. The molecule has 10 heteroatoms. The van der Waals surface area contributed by atoms with E-state index in [1.54, 1.807) is 12.3 Å². The summed E-state index contributed by atoms with van der Waals surface area (Å²) in [6.07, 6.45) is 0.278. The van der Waals surface area contributed by atoms with Crippen LogP contribution >= 0.6 is 0 Å². The van der Waals surface area contributed by atoms with E-state index < -0.39 is 12.3 Å². The van der Waals surface area contributed by atoms with Crippen LogP contribution in [-0.2, 0) is 6.42 Å². The van der Waals surface area contributed by atoms with Crippen LogP contribution in [0.5, 0.6) is 5.75 Å². The molecule has 0 spiro atoms. The molecule has 1 amide bonds. The number of ether oxygens (including phenoxy) is 1. The average molecular weight is 486 g/mol. The van der Waals surface area contributed by atoms with E-state index in [0.29, 0.717) is 23.7 Å². The first kappa shape index (κ1) is 24.5. The van der Waals surface area contributed by atoms with Gasteiger partial charge in [0.05, 0.1) is 5.56 Å². The fourth-order valence-electron chi connectivity index (χ4n) is 4.00. The third-order valence-electron chi connectivity index (χ3n) is 5.89. The molecule has 1 aliphatic heterocycles. The number of nitrogens with one attached hydrogen (secondary N) is 1. The molecule has 2 aromatic heterocycles. The van der Waals surface area contributed by atoms with Crippen molar-refractivity contribution < 1.29 is 22.7 Å². The number of pyridine rings is 2. The van der Waals surface area contributed by atoms with E-state index in [1.807, 2.05) is 19.1 Å². The Morgan fingerprint density at radius 2 is 1.94 bits per heavy atom. The Morgan fingerprint density at radius 3 is 2.54 bits per heavy atom. The fraction of sp³-hybridized carbons (Fsp3) is 0.320. The van der Waals surface area contributed by atoms with Crippen molar-refractivity contribution in [1.29, 1.82) is 0 Å². The first-order chi connectivity index (χ1) is 16.8. The summed E-state index contributed by atoms with van der Waals surface area (Å²) in [7, 11) is 0. The molecule has 0 saturated carbocycles. The van der Waals surface area contributed by atoms with Crippen molar-refractivity contribution in [2.75, 3.05) is 29.9 Å². The van der Waals surface area contributed by atoms with Gasteiger partial charge in [-0.1, -0.05) is 13.0 Å². The predicted molar refractivity (Wildman–Crippen MR) is 127 cm³/mol. The maximum absolute atomic E-state index is 12.9. The van der Waals surface area contributed by atoms with E-state index in [2.05, 4.69) is 24.9 Å². The lowest BCUT2D eigenvalue weighted by Gasteiger charge is -2.21. The second kappa shape index (κ2) is 10.3. The van der Waals surface area contributed by atoms with Gasteiger partial charge in [-0.3, -0.25) is 9.78 Å². The van der Waals surface area contributed by atoms with Crippen LogP contribution in [0.2, 0.25) is 0 Å². The number of hydrogen-bond donors (Lipinski definition) is 2. The molecule has 184 valence electrons. The van der Waals surface area contributed by atoms with Crippen LogP contribution in [0.3, 0.4) is 0 Å². The highest BCUT2D eigenvalue weighted by Gasteiger charge is 2.31. The summed E-state index contributed by atoms with van der Waals surface area (Å²) >= 11 is 0. The monoisotopic (exact) mass is 485 g/mol. The molecule has 0 radical (unpaired) electrons. The molecule has 0 bridgehead atoms. The number of benzene rings is 1. The minimum absolute atomic E-state index is 0.313. The van der Waals surface area contributed by atoms with E-state index in [1.165, 1.54) is 18.3 Å². The molecule has 3 N–H and O–H groups in total. The van der Waals surface area contributed by atoms with E-state index in [9.17, 15) is 18.0 Å². The van der Waals surface area contributed by atoms with Crippen molar-refractivity contribution in [3.05, 3.63) is 66.1 Å². The highest BCUT2D eigenvalue weighted by Crippen LogP contribution is 2.33. The molecule has 0 aliphatic carbocycles. The minimum Gasteiger partial charge on any atom is -0.406 e. The quantitative estimate of drug-likeness (QED) is 0.506. The number of aryl methyl sites for hydroxylation is 1. The Labute approximate surface area is 201 Å². The maximum Gasteiger partial charge on any atom is 0.573 e. The molecule has 1 aliphatic rings. The smallest absolute Gasteiger partial charge is 0.406 e. The van der Waals surface area contributed by atoms with Gasteiger partial charge in [0.25, 0.3) is 5.91 Å². The molecule has 1 unspecified atom stereocenters. The van der Waals surface area contributed by atoms with Crippen molar-refractivity contribution in [2.24, 2.45) is 11.7 Å². The lowest BCUT2D eigenvalue weighted by Crippen LogP contribution is -2.24. The van der Waals surface area contributed by atoms with E-state index >= 15 is 0 Å². The van der Waals surface area contributed by atoms with E-state index in [4.69, 9.17) is 5.73 Å². The number of rotatable bonds is 7. The van der Waals surface area contributed by atoms with E-state index in [0.717, 1.165) is 60.7 Å². The minimum atomic E-state index is -4.78. The molecule has 35 heavy (non-hydrogen) atoms. The van der Waals surface area contributed by atoms with Crippen LogP contribution in [-0.4, -0.2) is 41.9 Å². The molecular formula is C25H26F3N5O2. The highest BCUT2D eigenvalue weighted by atomic mass is 19.4. The van der Waals surface area contributed by atoms with Crippen molar-refractivity contribution in [3.8, 4) is 16.9 Å². The van der Waals surface area contributed by atoms with E-state index in [-0.39, 0.29) is 5.75 Å². The fourth-order valence-corrected chi connectivity index (χ4v) is 4.00. The number of alkyl halides is 3. The predicted octanol–water partition coefficient (Wildman–Crippen LogP) is 4.64. The lowest BCUT2D eigenvalue weighted by molar-refractivity contribution is -0.274. The Hall–Kier alpha value is -3.66. The number of nitrogens with zero attached hydrogens (tertiary/aromatic N) is 3. The number of nitrogens with two attached hydrogens (primary N) is 1. The second-order valence-electron chi connectivity index (χ2n) is 8.35. The topological polar surface area (TPSA) is 93.4 Å². The molecule has 3 aromatic rings. The Morgan fingerprint density at radius 1 is 1.17 bits per heavy atom. The molecule has 4 rings (SSSR count). The van der Waals surface area contributed by atoms with Gasteiger partial charge in [0.2, 0.25) is 0 Å². The number of carbonyl (C=O) groups excluding carboxylic acids is 1. The van der Waals surface area contributed by atoms with Gasteiger partial charge in [-0.15, -0.1) is 13.2 Å². The molecule has 1 aromatic carbocycles. The molecule has 3 heterocycles. The van der Waals surface area contributed by atoms with Gasteiger partial charge in [0.1, 0.15) is 11.6 Å². The number of amides is 1. The van der Waals surface area contributed by atoms with Crippen molar-refractivity contribution >= 4 is 17.4 Å². The van der Waals surface area contributed by atoms with Gasteiger partial charge >= 0.3 is 6.36 Å². The summed E-state index contributed by atoms with van der Waals surface area (Å²) in [6, 6.07) is 10.6. The third kappa shape index (κ3) is 6.07. The number of halogens is 3. The zero-order valence-corrected chi connectivity index (χ0v) is 19.2. The van der Waals surface area contributed by atoms with Crippen molar-refractivity contribution in [2.45, 2.75) is 26.1 Å². The Kier molecular flexibility index (Phi) is 7.20. The summed E-state index contributed by atoms with van der Waals surface area (Å²) in [6.45, 7) is 4.24. The average Bonchev–Trinajstić information content (AvgIpc) is 3.33. The summed E-state index contributed by atoms with van der Waals surface area (Å²) in [5, 5.41) is 2.69. The van der Waals surface area contributed by atoms with Gasteiger partial charge < -0.3 is 20.7 Å². The molecular weight excluding hydrogens is 459 g/mol. The Bertz CT molecular complexity index is 1170. The van der Waals surface area contributed by atoms with Crippen LogP contribution in [0.1, 0.15) is 29.4 Å². The van der Waals surface area contributed by atoms with Crippen LogP contribution in [0, 0.1) is 5.92 Å². The highest BCUT2D eigenvalue weighted by molar-refractivity contribution is 6.05. The molecule has 1 atom stereocenters. The molecule has 7 nitrogen and oxygen atoms in total. The first-order valence-corrected chi connectivity index (χ1v) is 11.3. The lowest BCUT2D eigenvalue weighted by atomic mass is 10.0. The Balaban J connectivity index is 1.59. The van der Waals surface area contributed by atoms with Crippen LogP contribution in [0.15, 0.2) is 54.9 Å². The summed E-state index contributed by atoms with van der Waals surface area (Å²) < 4.78 is 41.0. The maximum atomic E-state index is 12.9. The normalized spacial score (nSPS) is 15.8. The number of aromatic nitrogens is 2. The van der Waals surface area contributed by atoms with Gasteiger partial charge in [0, 0.05) is 48.0 Å². The van der Waals surface area contributed by atoms with Gasteiger partial charge in [-0.05, 0) is 61.7 Å². The van der Waals surface area contributed by atoms with Gasteiger partial charge in [0.15, 0.2) is 0 Å². The zero-order valence-electron chi connectivity index (χ0n) is 19.2. The SMILES string of the molecule is CCc1ccc(-c2cc(C(=O)Nc3ccc(OC(F)(F)F)cc3)cnc2N2CCC(CN)C2)cn1. The molecule has 1 saturated heterocycles. The van der Waals surface area contributed by atoms with Crippen LogP contribution < -0.4 is 20.7 Å². The largest absolute Gasteiger partial charge is 0.573 e. The number of anilines is 2. The standard InChI is InChI=1S/C25H26F3N5O2/c1-2-19-4-3-17(13-30-19)22-11-18(14-31-23(22)33-10-9-16(12-29)15-33)24(34)32-20-5-7-21(8-6-20)35-25(26,27)28/h3-8,11,13-14,16H,2,9-10,12,15,29H2,1H3,(H,32,34). The number of carbonyl (C=O) groups is 1. The second-order valence-corrected chi connectivity index (χ2v) is 8.35. The van der Waals surface area contributed by atoms with Crippen LogP contribution in [0.4, 0.5) is 24.7 Å². The van der Waals surface area contributed by atoms with Crippen molar-refractivity contribution in [1.82, 2.24) is 9.97 Å². The third-order valence-corrected chi connectivity index (χ3v) is 5.89. The molecule has 1 fully saturated rings. The zero-order chi connectivity index (χ0) is 25.0. The summed E-state index contributed by atoms with van der Waals surface area (Å²) in [5.41, 5.74) is 9.07. The first-order valence-electron chi connectivity index (χ1n) is 11.3. The van der Waals surface area contributed by atoms with Crippen LogP contribution in [0.25, 0.3) is 11.1 Å².